The maximum atomic E-state index is 13.9. The van der Waals surface area contributed by atoms with E-state index in [0.29, 0.717) is 19.4 Å². The number of benzene rings is 1. The Labute approximate surface area is 216 Å². The van der Waals surface area contributed by atoms with Gasteiger partial charge in [-0.1, -0.05) is 25.1 Å². The number of esters is 1. The van der Waals surface area contributed by atoms with Gasteiger partial charge in [0.05, 0.1) is 32.1 Å². The summed E-state index contributed by atoms with van der Waals surface area (Å²) >= 11 is 0. The first kappa shape index (κ1) is 28.1. The highest BCUT2D eigenvalue weighted by Gasteiger charge is 2.42. The molecule has 2 unspecified atom stereocenters. The summed E-state index contributed by atoms with van der Waals surface area (Å²) in [5, 5.41) is 2.79. The highest BCUT2D eigenvalue weighted by molar-refractivity contribution is 7.52. The number of halogens is 1. The van der Waals surface area contributed by atoms with Crippen molar-refractivity contribution in [3.05, 3.63) is 63.2 Å². The number of ether oxygens (including phenoxy) is 4. The van der Waals surface area contributed by atoms with E-state index >= 15 is 0 Å². The van der Waals surface area contributed by atoms with Crippen LogP contribution >= 0.6 is 7.75 Å². The van der Waals surface area contributed by atoms with Gasteiger partial charge in [-0.25, -0.2) is 14.4 Å². The number of nitrogens with one attached hydrogen (secondary N) is 2. The molecule has 2 aromatic rings. The summed E-state index contributed by atoms with van der Waals surface area (Å²) in [7, 11) is -4.09. The Morgan fingerprint density at radius 2 is 1.97 bits per heavy atom. The molecule has 2 N–H and O–H groups in total. The molecule has 0 aliphatic carbocycles. The van der Waals surface area contributed by atoms with Gasteiger partial charge in [0.25, 0.3) is 5.56 Å². The van der Waals surface area contributed by atoms with E-state index in [9.17, 15) is 23.3 Å². The molecule has 2 aliphatic rings. The highest BCUT2D eigenvalue weighted by atomic mass is 31.2. The number of aromatic nitrogens is 2. The summed E-state index contributed by atoms with van der Waals surface area (Å²) in [4.78, 5) is 37.6. The zero-order valence-corrected chi connectivity index (χ0v) is 21.6. The molecule has 1 aromatic carbocycles. The van der Waals surface area contributed by atoms with E-state index in [2.05, 4.69) is 5.09 Å². The quantitative estimate of drug-likeness (QED) is 0.307. The van der Waals surface area contributed by atoms with Crippen molar-refractivity contribution in [1.82, 2.24) is 14.6 Å². The SMILES string of the molecule is CCC(=O)O[C@H]1C[C@H](n2cc(F)c(=O)[nH]c2=O)O[C@@H]1COP(=O)(NC(C)C1OCCO1)Oc1ccccc1. The summed E-state index contributed by atoms with van der Waals surface area (Å²) in [5.41, 5.74) is -2.08. The van der Waals surface area contributed by atoms with Crippen molar-refractivity contribution in [1.29, 1.82) is 0 Å². The first-order valence-electron chi connectivity index (χ1n) is 12.0. The zero-order chi connectivity index (χ0) is 27.3. The monoisotopic (exact) mass is 557 g/mol. The number of hydrogen-bond donors (Lipinski definition) is 2. The lowest BCUT2D eigenvalue weighted by Crippen LogP contribution is -2.38. The van der Waals surface area contributed by atoms with E-state index < -0.39 is 68.2 Å². The van der Waals surface area contributed by atoms with Gasteiger partial charge < -0.3 is 23.5 Å². The fraction of sp³-hybridized carbons (Fsp3) is 0.522. The van der Waals surface area contributed by atoms with E-state index in [1.165, 1.54) is 0 Å². The average molecular weight is 557 g/mol. The van der Waals surface area contributed by atoms with Crippen LogP contribution in [0.25, 0.3) is 0 Å². The third-order valence-corrected chi connectivity index (χ3v) is 7.45. The van der Waals surface area contributed by atoms with Gasteiger partial charge in [0.15, 0.2) is 6.29 Å². The largest absolute Gasteiger partial charge is 0.459 e. The van der Waals surface area contributed by atoms with Crippen molar-refractivity contribution in [3.63, 3.8) is 0 Å². The standard InChI is InChI=1S/C23H29FN3O10P/c1-3-20(28)36-17-11-19(27-12-16(24)21(29)25-23(27)30)35-18(17)13-34-38(31,37-15-7-5-4-6-8-15)26-14(2)22-32-9-10-33-22/h4-8,12,14,17-19,22H,3,9-11,13H2,1-2H3,(H,26,31)(H,25,29,30)/t14?,17-,18+,19+,38?/m0/s1. The predicted molar refractivity (Wildman–Crippen MR) is 129 cm³/mol. The van der Waals surface area contributed by atoms with E-state index in [1.54, 1.807) is 44.2 Å². The maximum absolute atomic E-state index is 13.9. The van der Waals surface area contributed by atoms with Gasteiger partial charge in [-0.2, -0.15) is 4.39 Å². The Hall–Kier alpha value is -2.87. The summed E-state index contributed by atoms with van der Waals surface area (Å²) in [6, 6.07) is 7.73. The molecule has 2 aliphatic heterocycles. The number of carbonyl (C=O) groups excluding carboxylic acids is 1. The minimum absolute atomic E-state index is 0.0530. The number of para-hydroxylation sites is 1. The van der Waals surface area contributed by atoms with Crippen LogP contribution in [0.2, 0.25) is 0 Å². The normalized spacial score (nSPS) is 24.1. The third kappa shape index (κ3) is 6.95. The topological polar surface area (TPSA) is 156 Å². The van der Waals surface area contributed by atoms with Gasteiger partial charge in [0, 0.05) is 12.8 Å². The summed E-state index contributed by atoms with van der Waals surface area (Å²) in [5.74, 6) is -1.47. The first-order valence-corrected chi connectivity index (χ1v) is 13.6. The van der Waals surface area contributed by atoms with Crippen LogP contribution in [-0.2, 0) is 32.8 Å². The minimum atomic E-state index is -4.09. The summed E-state index contributed by atoms with van der Waals surface area (Å²) in [6.45, 7) is 3.66. The molecule has 0 spiro atoms. The molecule has 2 fully saturated rings. The Kier molecular flexibility index (Phi) is 9.13. The molecule has 5 atom stereocenters. The highest BCUT2D eigenvalue weighted by Crippen LogP contribution is 2.46. The van der Waals surface area contributed by atoms with Gasteiger partial charge in [-0.3, -0.25) is 23.7 Å². The summed E-state index contributed by atoms with van der Waals surface area (Å²) in [6.07, 6.45) is -3.00. The molecule has 1 aromatic heterocycles. The molecule has 0 saturated carbocycles. The van der Waals surface area contributed by atoms with Gasteiger partial charge in [0.2, 0.25) is 5.82 Å². The Balaban J connectivity index is 1.53. The minimum Gasteiger partial charge on any atom is -0.459 e. The number of H-pyrrole nitrogens is 1. The van der Waals surface area contributed by atoms with Crippen LogP contribution in [0.15, 0.2) is 46.1 Å². The fourth-order valence-electron chi connectivity index (χ4n) is 3.93. The number of hydrogen-bond acceptors (Lipinski definition) is 10. The lowest BCUT2D eigenvalue weighted by Gasteiger charge is -2.27. The van der Waals surface area contributed by atoms with Crippen molar-refractivity contribution in [2.24, 2.45) is 0 Å². The lowest BCUT2D eigenvalue weighted by atomic mass is 10.2. The second kappa shape index (κ2) is 12.3. The van der Waals surface area contributed by atoms with Gasteiger partial charge in [0.1, 0.15) is 24.2 Å². The third-order valence-electron chi connectivity index (χ3n) is 5.78. The number of carbonyl (C=O) groups is 1. The smallest absolute Gasteiger partial charge is 0.459 e. The van der Waals surface area contributed by atoms with Gasteiger partial charge >= 0.3 is 19.4 Å². The van der Waals surface area contributed by atoms with Crippen LogP contribution in [0.3, 0.4) is 0 Å². The van der Waals surface area contributed by atoms with Crippen LogP contribution in [0, 0.1) is 5.82 Å². The van der Waals surface area contributed by atoms with Crippen molar-refractivity contribution in [2.75, 3.05) is 19.8 Å². The van der Waals surface area contributed by atoms with Crippen molar-refractivity contribution in [3.8, 4) is 5.75 Å². The fourth-order valence-corrected chi connectivity index (χ4v) is 5.47. The predicted octanol–water partition coefficient (Wildman–Crippen LogP) is 1.84. The Morgan fingerprint density at radius 1 is 1.26 bits per heavy atom. The first-order chi connectivity index (χ1) is 18.2. The maximum Gasteiger partial charge on any atom is 0.459 e. The van der Waals surface area contributed by atoms with E-state index in [4.69, 9.17) is 28.0 Å². The molecular formula is C23H29FN3O10P. The molecule has 0 bridgehead atoms. The van der Waals surface area contributed by atoms with Crippen LogP contribution < -0.4 is 20.9 Å². The zero-order valence-electron chi connectivity index (χ0n) is 20.7. The number of aromatic amines is 1. The number of nitrogens with zero attached hydrogens (tertiary/aromatic N) is 1. The van der Waals surface area contributed by atoms with Crippen LogP contribution in [0.5, 0.6) is 5.75 Å². The molecule has 0 amide bonds. The van der Waals surface area contributed by atoms with Crippen molar-refractivity contribution >= 4 is 13.7 Å². The van der Waals surface area contributed by atoms with Crippen molar-refractivity contribution < 1.29 is 41.7 Å². The summed E-state index contributed by atoms with van der Waals surface area (Å²) < 4.78 is 62.2. The van der Waals surface area contributed by atoms with Crippen LogP contribution in [-0.4, -0.2) is 59.9 Å². The molecular weight excluding hydrogens is 528 g/mol. The molecule has 4 rings (SSSR count). The molecule has 38 heavy (non-hydrogen) atoms. The van der Waals surface area contributed by atoms with Crippen molar-refractivity contribution in [2.45, 2.75) is 57.5 Å². The molecule has 0 radical (unpaired) electrons. The van der Waals surface area contributed by atoms with E-state index in [1.807, 2.05) is 4.98 Å². The number of rotatable bonds is 11. The molecule has 13 nitrogen and oxygen atoms in total. The van der Waals surface area contributed by atoms with E-state index in [-0.39, 0.29) is 18.6 Å². The second-order valence-corrected chi connectivity index (χ2v) is 10.3. The lowest BCUT2D eigenvalue weighted by molar-refractivity contribution is -0.152. The molecule has 3 heterocycles. The van der Waals surface area contributed by atoms with Crippen LogP contribution in [0.1, 0.15) is 32.9 Å². The molecule has 15 heteroatoms. The average Bonchev–Trinajstić information content (AvgIpc) is 3.56. The molecule has 2 saturated heterocycles. The Bertz CT molecular complexity index is 1270. The van der Waals surface area contributed by atoms with Gasteiger partial charge in [-0.05, 0) is 19.1 Å². The van der Waals surface area contributed by atoms with E-state index in [0.717, 1.165) is 4.57 Å². The second-order valence-electron chi connectivity index (χ2n) is 8.62. The molecule has 208 valence electrons. The van der Waals surface area contributed by atoms with Gasteiger partial charge in [-0.15, -0.1) is 0 Å². The Morgan fingerprint density at radius 3 is 2.66 bits per heavy atom. The van der Waals surface area contributed by atoms with Crippen LogP contribution in [0.4, 0.5) is 4.39 Å².